The van der Waals surface area contributed by atoms with Gasteiger partial charge >= 0.3 is 5.97 Å². The summed E-state index contributed by atoms with van der Waals surface area (Å²) in [6.45, 7) is 2.76. The second kappa shape index (κ2) is 9.62. The highest BCUT2D eigenvalue weighted by atomic mass is 16.5. The summed E-state index contributed by atoms with van der Waals surface area (Å²) in [7, 11) is 0. The fraction of sp³-hybridized carbons (Fsp3) is 0.280. The van der Waals surface area contributed by atoms with E-state index in [9.17, 15) is 9.90 Å². The Morgan fingerprint density at radius 2 is 2.00 bits per heavy atom. The molecule has 2 aromatic rings. The van der Waals surface area contributed by atoms with Crippen LogP contribution in [-0.4, -0.2) is 40.4 Å². The van der Waals surface area contributed by atoms with Crippen molar-refractivity contribution in [2.45, 2.75) is 32.3 Å². The summed E-state index contributed by atoms with van der Waals surface area (Å²) in [5, 5.41) is 10.4. The Morgan fingerprint density at radius 3 is 2.77 bits per heavy atom. The van der Waals surface area contributed by atoms with Crippen LogP contribution in [0, 0.1) is 0 Å². The lowest BCUT2D eigenvalue weighted by Crippen LogP contribution is -2.26. The molecule has 1 unspecified atom stereocenters. The second-order valence-electron chi connectivity index (χ2n) is 7.42. The Labute approximate surface area is 181 Å². The minimum Gasteiger partial charge on any atom is -0.494 e. The van der Waals surface area contributed by atoms with Gasteiger partial charge in [-0.2, -0.15) is 0 Å². The average molecular weight is 418 g/mol. The molecule has 4 rings (SSSR count). The van der Waals surface area contributed by atoms with E-state index in [1.165, 1.54) is 16.5 Å². The molecule has 0 fully saturated rings. The maximum atomic E-state index is 11.2. The quantitative estimate of drug-likeness (QED) is 0.364. The zero-order chi connectivity index (χ0) is 21.6. The number of ether oxygens (including phenoxy) is 2. The third-order valence-corrected chi connectivity index (χ3v) is 5.37. The summed E-state index contributed by atoms with van der Waals surface area (Å²) in [5.74, 6) is -0.171. The number of carboxylic acids is 1. The number of carbonyl (C=O) groups is 1. The van der Waals surface area contributed by atoms with Gasteiger partial charge in [0, 0.05) is 41.9 Å². The van der Waals surface area contributed by atoms with Crippen molar-refractivity contribution in [1.82, 2.24) is 9.97 Å². The standard InChI is InChI=1S/C25H26N2O4/c1-2-30-22(25(28)29)16-17-9-11-18(12-10-17)31-15-5-8-21-23-19(6-3-13-26-23)20-7-4-14-27-24(20)21/h3-4,6-7,9-14,22,26H,2,5,8,15-16H2,1H3,(H,28,29). The zero-order valence-corrected chi connectivity index (χ0v) is 17.5. The van der Waals surface area contributed by atoms with Crippen LogP contribution >= 0.6 is 0 Å². The molecule has 0 saturated heterocycles. The normalized spacial score (nSPS) is 12.3. The third-order valence-electron chi connectivity index (χ3n) is 5.37. The number of aryl methyl sites for hydroxylation is 1. The van der Waals surface area contributed by atoms with Gasteiger partial charge in [0.05, 0.1) is 17.8 Å². The molecule has 0 spiro atoms. The molecule has 0 saturated carbocycles. The predicted octanol–water partition coefficient (Wildman–Crippen LogP) is 4.71. The number of H-pyrrole nitrogens is 1. The van der Waals surface area contributed by atoms with E-state index in [1.54, 1.807) is 6.92 Å². The molecule has 2 heterocycles. The molecule has 31 heavy (non-hydrogen) atoms. The Morgan fingerprint density at radius 1 is 1.16 bits per heavy atom. The molecule has 160 valence electrons. The first-order valence-corrected chi connectivity index (χ1v) is 10.6. The fourth-order valence-electron chi connectivity index (χ4n) is 3.93. The number of nitrogens with zero attached hydrogens (tertiary/aromatic N) is 1. The molecule has 6 heteroatoms. The van der Waals surface area contributed by atoms with Crippen LogP contribution in [-0.2, 0) is 22.4 Å². The molecule has 0 bridgehead atoms. The summed E-state index contributed by atoms with van der Waals surface area (Å²) in [5.41, 5.74) is 5.52. The van der Waals surface area contributed by atoms with Gasteiger partial charge < -0.3 is 19.6 Å². The number of rotatable bonds is 10. The summed E-state index contributed by atoms with van der Waals surface area (Å²) >= 11 is 0. The second-order valence-corrected chi connectivity index (χ2v) is 7.42. The van der Waals surface area contributed by atoms with E-state index < -0.39 is 12.1 Å². The topological polar surface area (TPSA) is 84.4 Å². The minimum absolute atomic E-state index is 0.337. The van der Waals surface area contributed by atoms with Crippen molar-refractivity contribution in [1.29, 1.82) is 0 Å². The molecule has 6 nitrogen and oxygen atoms in total. The van der Waals surface area contributed by atoms with E-state index in [1.807, 2.05) is 48.8 Å². The van der Waals surface area contributed by atoms with E-state index in [4.69, 9.17) is 9.47 Å². The fourth-order valence-corrected chi connectivity index (χ4v) is 3.93. The number of pyridine rings is 2. The van der Waals surface area contributed by atoms with Crippen LogP contribution in [0.15, 0.2) is 60.9 Å². The monoisotopic (exact) mass is 418 g/mol. The van der Waals surface area contributed by atoms with Crippen molar-refractivity contribution in [3.63, 3.8) is 0 Å². The van der Waals surface area contributed by atoms with Crippen molar-refractivity contribution < 1.29 is 19.4 Å². The third kappa shape index (κ3) is 4.70. The lowest BCUT2D eigenvalue weighted by atomic mass is 10.1. The van der Waals surface area contributed by atoms with Crippen LogP contribution in [0.2, 0.25) is 0 Å². The predicted molar refractivity (Wildman–Crippen MR) is 120 cm³/mol. The highest BCUT2D eigenvalue weighted by Crippen LogP contribution is 2.36. The summed E-state index contributed by atoms with van der Waals surface area (Å²) in [6, 6.07) is 15.8. The van der Waals surface area contributed by atoms with Gasteiger partial charge in [-0.3, -0.25) is 4.98 Å². The zero-order valence-electron chi connectivity index (χ0n) is 17.5. The van der Waals surface area contributed by atoms with Crippen molar-refractivity contribution >= 4 is 16.9 Å². The number of aromatic nitrogens is 2. The number of hydrogen-bond acceptors (Lipinski definition) is 4. The number of aromatic amines is 1. The average Bonchev–Trinajstić information content (AvgIpc) is 3.11. The number of carboxylic acid groups (broad SMARTS) is 1. The van der Waals surface area contributed by atoms with Gasteiger partial charge in [-0.15, -0.1) is 0 Å². The van der Waals surface area contributed by atoms with E-state index in [-0.39, 0.29) is 0 Å². The van der Waals surface area contributed by atoms with Crippen LogP contribution in [0.5, 0.6) is 5.75 Å². The summed E-state index contributed by atoms with van der Waals surface area (Å²) < 4.78 is 11.2. The highest BCUT2D eigenvalue weighted by Gasteiger charge is 2.19. The number of aliphatic carboxylic acids is 1. The molecule has 2 aliphatic rings. The SMILES string of the molecule is CCOC(Cc1ccc(OCCCc2c3[nH]cccc-3c3cccnc23)cc1)C(=O)O. The summed E-state index contributed by atoms with van der Waals surface area (Å²) in [6.07, 6.45) is 5.03. The number of nitrogens with one attached hydrogen (secondary N) is 1. The molecular formula is C25H26N2O4. The molecule has 1 aromatic carbocycles. The maximum Gasteiger partial charge on any atom is 0.333 e. The highest BCUT2D eigenvalue weighted by molar-refractivity contribution is 6.02. The van der Waals surface area contributed by atoms with Gasteiger partial charge in [-0.05, 0) is 49.6 Å². The number of benzene rings is 1. The smallest absolute Gasteiger partial charge is 0.333 e. The van der Waals surface area contributed by atoms with Gasteiger partial charge in [-0.25, -0.2) is 4.79 Å². The van der Waals surface area contributed by atoms with Crippen molar-refractivity contribution in [2.24, 2.45) is 0 Å². The van der Waals surface area contributed by atoms with Gasteiger partial charge in [0.25, 0.3) is 0 Å². The van der Waals surface area contributed by atoms with E-state index in [0.717, 1.165) is 35.4 Å². The molecule has 1 aliphatic heterocycles. The Balaban J connectivity index is 1.35. The van der Waals surface area contributed by atoms with Crippen LogP contribution in [0.1, 0.15) is 24.5 Å². The van der Waals surface area contributed by atoms with E-state index in [0.29, 0.717) is 19.6 Å². The van der Waals surface area contributed by atoms with Crippen LogP contribution in [0.3, 0.4) is 0 Å². The number of fused-ring (bicyclic) bond motifs is 3. The first-order chi connectivity index (χ1) is 15.2. The first-order valence-electron chi connectivity index (χ1n) is 10.6. The molecule has 1 aromatic heterocycles. The molecule has 0 amide bonds. The number of hydrogen-bond donors (Lipinski definition) is 2. The van der Waals surface area contributed by atoms with Gasteiger partial charge in [0.2, 0.25) is 0 Å². The first kappa shape index (κ1) is 20.9. The molecule has 1 atom stereocenters. The van der Waals surface area contributed by atoms with Gasteiger partial charge in [0.1, 0.15) is 5.75 Å². The van der Waals surface area contributed by atoms with Crippen LogP contribution in [0.4, 0.5) is 0 Å². The lowest BCUT2D eigenvalue weighted by molar-refractivity contribution is -0.149. The van der Waals surface area contributed by atoms with Crippen LogP contribution < -0.4 is 4.74 Å². The van der Waals surface area contributed by atoms with Crippen molar-refractivity contribution in [3.8, 4) is 17.0 Å². The molecular weight excluding hydrogens is 392 g/mol. The lowest BCUT2D eigenvalue weighted by Gasteiger charge is -2.13. The Bertz CT molecular complexity index is 1120. The molecule has 1 aliphatic carbocycles. The van der Waals surface area contributed by atoms with Crippen LogP contribution in [0.25, 0.3) is 22.2 Å². The van der Waals surface area contributed by atoms with Crippen molar-refractivity contribution in [2.75, 3.05) is 13.2 Å². The summed E-state index contributed by atoms with van der Waals surface area (Å²) in [4.78, 5) is 19.2. The van der Waals surface area contributed by atoms with Gasteiger partial charge in [-0.1, -0.05) is 24.3 Å². The van der Waals surface area contributed by atoms with E-state index in [2.05, 4.69) is 22.1 Å². The molecule has 0 radical (unpaired) electrons. The maximum absolute atomic E-state index is 11.2. The minimum atomic E-state index is -0.943. The largest absolute Gasteiger partial charge is 0.494 e. The Kier molecular flexibility index (Phi) is 6.48. The van der Waals surface area contributed by atoms with E-state index >= 15 is 0 Å². The molecule has 2 N–H and O–H groups in total. The Hall–Kier alpha value is -3.38. The van der Waals surface area contributed by atoms with Gasteiger partial charge in [0.15, 0.2) is 6.10 Å². The van der Waals surface area contributed by atoms with Crippen molar-refractivity contribution in [3.05, 3.63) is 72.1 Å².